The van der Waals surface area contributed by atoms with Crippen LogP contribution in [0.4, 0.5) is 14.5 Å². The first kappa shape index (κ1) is 19.8. The van der Waals surface area contributed by atoms with Crippen molar-refractivity contribution >= 4 is 5.69 Å². The van der Waals surface area contributed by atoms with Crippen molar-refractivity contribution in [2.24, 2.45) is 0 Å². The third-order valence-corrected chi connectivity index (χ3v) is 4.82. The van der Waals surface area contributed by atoms with E-state index >= 15 is 0 Å². The number of benzene rings is 3. The van der Waals surface area contributed by atoms with Crippen LogP contribution in [0.15, 0.2) is 66.7 Å². The van der Waals surface area contributed by atoms with E-state index in [0.29, 0.717) is 17.7 Å². The Labute approximate surface area is 164 Å². The summed E-state index contributed by atoms with van der Waals surface area (Å²) in [6.07, 6.45) is 0.708. The second-order valence-electron chi connectivity index (χ2n) is 6.68. The molecule has 3 aromatic rings. The first-order valence-electron chi connectivity index (χ1n) is 9.22. The number of nitrogen functional groups attached to an aromatic ring is 1. The van der Waals surface area contributed by atoms with Crippen LogP contribution in [-0.4, -0.2) is 7.11 Å². The molecule has 0 aliphatic carbocycles. The molecule has 146 valence electrons. The summed E-state index contributed by atoms with van der Waals surface area (Å²) in [6, 6.07) is 19.1. The van der Waals surface area contributed by atoms with Crippen LogP contribution in [-0.2, 0) is 0 Å². The number of hydrogen-bond acceptors (Lipinski definition) is 3. The zero-order chi connectivity index (χ0) is 20.1. The molecule has 0 radical (unpaired) electrons. The van der Waals surface area contributed by atoms with Gasteiger partial charge in [0.2, 0.25) is 0 Å². The molecule has 3 nitrogen and oxygen atoms in total. The van der Waals surface area contributed by atoms with Crippen molar-refractivity contribution in [3.63, 3.8) is 0 Å². The van der Waals surface area contributed by atoms with Crippen molar-refractivity contribution in [1.82, 2.24) is 5.32 Å². The van der Waals surface area contributed by atoms with E-state index in [0.717, 1.165) is 22.9 Å². The Balaban J connectivity index is 1.98. The van der Waals surface area contributed by atoms with E-state index in [2.05, 4.69) is 5.32 Å². The average molecular weight is 382 g/mol. The van der Waals surface area contributed by atoms with Gasteiger partial charge >= 0.3 is 0 Å². The van der Waals surface area contributed by atoms with Gasteiger partial charge in [-0.05, 0) is 59.5 Å². The highest BCUT2D eigenvalue weighted by atomic mass is 19.2. The summed E-state index contributed by atoms with van der Waals surface area (Å²) in [5.41, 5.74) is 9.37. The predicted molar refractivity (Wildman–Crippen MR) is 108 cm³/mol. The topological polar surface area (TPSA) is 47.3 Å². The Morgan fingerprint density at radius 1 is 0.893 bits per heavy atom. The summed E-state index contributed by atoms with van der Waals surface area (Å²) in [5, 5.41) is 3.58. The van der Waals surface area contributed by atoms with E-state index < -0.39 is 11.6 Å². The molecule has 0 aliphatic rings. The van der Waals surface area contributed by atoms with Crippen molar-refractivity contribution in [1.29, 1.82) is 0 Å². The third kappa shape index (κ3) is 4.49. The zero-order valence-corrected chi connectivity index (χ0v) is 16.0. The molecule has 28 heavy (non-hydrogen) atoms. The molecular weight excluding hydrogens is 358 g/mol. The van der Waals surface area contributed by atoms with Gasteiger partial charge in [-0.15, -0.1) is 0 Å². The number of anilines is 1. The Morgan fingerprint density at radius 3 is 2.21 bits per heavy atom. The molecule has 0 bridgehead atoms. The number of halogens is 2. The molecule has 2 unspecified atom stereocenters. The van der Waals surface area contributed by atoms with E-state index in [1.54, 1.807) is 13.2 Å². The zero-order valence-electron chi connectivity index (χ0n) is 16.0. The van der Waals surface area contributed by atoms with Crippen molar-refractivity contribution in [2.75, 3.05) is 12.8 Å². The summed E-state index contributed by atoms with van der Waals surface area (Å²) < 4.78 is 32.4. The third-order valence-electron chi connectivity index (χ3n) is 4.82. The van der Waals surface area contributed by atoms with E-state index in [9.17, 15) is 8.78 Å². The second kappa shape index (κ2) is 8.85. The van der Waals surface area contributed by atoms with Crippen molar-refractivity contribution < 1.29 is 13.5 Å². The number of nitrogens with two attached hydrogens (primary N) is 1. The predicted octanol–water partition coefficient (Wildman–Crippen LogP) is 5.39. The van der Waals surface area contributed by atoms with Crippen LogP contribution < -0.4 is 15.8 Å². The van der Waals surface area contributed by atoms with Gasteiger partial charge in [0.1, 0.15) is 5.75 Å². The number of ether oxygens (including phenoxy) is 1. The van der Waals surface area contributed by atoms with Gasteiger partial charge in [-0.1, -0.05) is 37.3 Å². The summed E-state index contributed by atoms with van der Waals surface area (Å²) >= 11 is 0. The molecule has 3 aromatic carbocycles. The van der Waals surface area contributed by atoms with E-state index in [-0.39, 0.29) is 12.1 Å². The molecule has 0 spiro atoms. The smallest absolute Gasteiger partial charge is 0.159 e. The molecule has 0 saturated heterocycles. The lowest BCUT2D eigenvalue weighted by molar-refractivity contribution is 0.414. The fraction of sp³-hybridized carbons (Fsp3) is 0.217. The lowest BCUT2D eigenvalue weighted by Crippen LogP contribution is -2.27. The standard InChI is InChI=1S/C23H24F2N2O/c1-3-22(16-9-12-20(24)21(25)14-16)27-23(17-5-4-6-18(26)13-17)15-7-10-19(28-2)11-8-15/h4-14,22-23,27H,3,26H2,1-2H3. The molecule has 3 rings (SSSR count). The lowest BCUT2D eigenvalue weighted by Gasteiger charge is -2.27. The average Bonchev–Trinajstić information content (AvgIpc) is 2.71. The highest BCUT2D eigenvalue weighted by molar-refractivity contribution is 5.45. The Bertz CT molecular complexity index is 928. The summed E-state index contributed by atoms with van der Waals surface area (Å²) in [7, 11) is 1.62. The number of methoxy groups -OCH3 is 1. The van der Waals surface area contributed by atoms with Gasteiger partial charge in [0, 0.05) is 11.7 Å². The number of hydrogen-bond donors (Lipinski definition) is 2. The fourth-order valence-corrected chi connectivity index (χ4v) is 3.30. The maximum Gasteiger partial charge on any atom is 0.159 e. The van der Waals surface area contributed by atoms with Gasteiger partial charge < -0.3 is 10.5 Å². The van der Waals surface area contributed by atoms with Gasteiger partial charge in [0.25, 0.3) is 0 Å². The Kier molecular flexibility index (Phi) is 6.26. The SMILES string of the molecule is CCC(NC(c1ccc(OC)cc1)c1cccc(N)c1)c1ccc(F)c(F)c1. The van der Waals surface area contributed by atoms with Crippen molar-refractivity contribution in [3.05, 3.63) is 95.1 Å². The van der Waals surface area contributed by atoms with Crippen LogP contribution >= 0.6 is 0 Å². The lowest BCUT2D eigenvalue weighted by atomic mass is 9.95. The van der Waals surface area contributed by atoms with E-state index in [1.165, 1.54) is 6.07 Å². The van der Waals surface area contributed by atoms with Crippen LogP contribution in [0.1, 0.15) is 42.1 Å². The quantitative estimate of drug-likeness (QED) is 0.539. The normalized spacial score (nSPS) is 13.1. The highest BCUT2D eigenvalue weighted by Crippen LogP contribution is 2.30. The molecule has 0 aromatic heterocycles. The van der Waals surface area contributed by atoms with Crippen LogP contribution in [0.5, 0.6) is 5.75 Å². The first-order valence-corrected chi connectivity index (χ1v) is 9.22. The minimum Gasteiger partial charge on any atom is -0.497 e. The van der Waals surface area contributed by atoms with Crippen LogP contribution in [0.25, 0.3) is 0 Å². The Hall–Kier alpha value is -2.92. The van der Waals surface area contributed by atoms with Gasteiger partial charge in [0.05, 0.1) is 13.2 Å². The number of rotatable bonds is 7. The Morgan fingerprint density at radius 2 is 1.61 bits per heavy atom. The molecule has 0 heterocycles. The summed E-state index contributed by atoms with van der Waals surface area (Å²) in [5.74, 6) is -0.924. The van der Waals surface area contributed by atoms with E-state index in [1.807, 2.05) is 55.5 Å². The van der Waals surface area contributed by atoms with Crippen LogP contribution in [0, 0.1) is 11.6 Å². The molecule has 5 heteroatoms. The minimum absolute atomic E-state index is 0.163. The molecule has 3 N–H and O–H groups in total. The monoisotopic (exact) mass is 382 g/mol. The second-order valence-corrected chi connectivity index (χ2v) is 6.68. The maximum absolute atomic E-state index is 13.8. The van der Waals surface area contributed by atoms with Crippen molar-refractivity contribution in [2.45, 2.75) is 25.4 Å². The van der Waals surface area contributed by atoms with Gasteiger partial charge in [0.15, 0.2) is 11.6 Å². The van der Waals surface area contributed by atoms with Crippen LogP contribution in [0.2, 0.25) is 0 Å². The van der Waals surface area contributed by atoms with Crippen LogP contribution in [0.3, 0.4) is 0 Å². The molecule has 2 atom stereocenters. The minimum atomic E-state index is -0.846. The molecular formula is C23H24F2N2O. The molecule has 0 fully saturated rings. The summed E-state index contributed by atoms with van der Waals surface area (Å²) in [4.78, 5) is 0. The van der Waals surface area contributed by atoms with E-state index in [4.69, 9.17) is 10.5 Å². The number of nitrogens with one attached hydrogen (secondary N) is 1. The highest BCUT2D eigenvalue weighted by Gasteiger charge is 2.20. The maximum atomic E-state index is 13.8. The first-order chi connectivity index (χ1) is 13.5. The van der Waals surface area contributed by atoms with Gasteiger partial charge in [-0.2, -0.15) is 0 Å². The van der Waals surface area contributed by atoms with Gasteiger partial charge in [-0.25, -0.2) is 8.78 Å². The molecule has 0 amide bonds. The molecule has 0 saturated carbocycles. The fourth-order valence-electron chi connectivity index (χ4n) is 3.30. The largest absolute Gasteiger partial charge is 0.497 e. The molecule has 0 aliphatic heterocycles. The van der Waals surface area contributed by atoms with Gasteiger partial charge in [-0.3, -0.25) is 5.32 Å². The summed E-state index contributed by atoms with van der Waals surface area (Å²) in [6.45, 7) is 2.00. The van der Waals surface area contributed by atoms with Crippen molar-refractivity contribution in [3.8, 4) is 5.75 Å².